The Labute approximate surface area is 175 Å². The van der Waals surface area contributed by atoms with Crippen LogP contribution < -0.4 is 4.90 Å². The van der Waals surface area contributed by atoms with Crippen LogP contribution in [-0.4, -0.2) is 48.6 Å². The lowest BCUT2D eigenvalue weighted by atomic mass is 9.80. The summed E-state index contributed by atoms with van der Waals surface area (Å²) in [6, 6.07) is 6.67. The average Bonchev–Trinajstić information content (AvgIpc) is 2.82. The van der Waals surface area contributed by atoms with Gasteiger partial charge in [-0.1, -0.05) is 17.7 Å². The zero-order valence-corrected chi connectivity index (χ0v) is 16.5. The lowest BCUT2D eigenvalue weighted by Gasteiger charge is -2.51. The fourth-order valence-electron chi connectivity index (χ4n) is 3.86. The Kier molecular flexibility index (Phi) is 5.36. The van der Waals surface area contributed by atoms with Crippen molar-refractivity contribution in [2.45, 2.75) is 12.7 Å². The number of hydrogen-bond donors (Lipinski definition) is 0. The molecule has 0 unspecified atom stereocenters. The lowest BCUT2D eigenvalue weighted by molar-refractivity contribution is -0.138. The van der Waals surface area contributed by atoms with Gasteiger partial charge in [0.2, 0.25) is 5.91 Å². The van der Waals surface area contributed by atoms with E-state index in [1.807, 2.05) is 4.90 Å². The van der Waals surface area contributed by atoms with Gasteiger partial charge in [0.25, 0.3) is 0 Å². The third-order valence-corrected chi connectivity index (χ3v) is 5.73. The van der Waals surface area contributed by atoms with Crippen molar-refractivity contribution in [3.8, 4) is 0 Å². The molecule has 5 nitrogen and oxygen atoms in total. The Balaban J connectivity index is 1.47. The second kappa shape index (κ2) is 7.70. The molecule has 1 aromatic carbocycles. The maximum Gasteiger partial charge on any atom is 0.417 e. The van der Waals surface area contributed by atoms with Crippen molar-refractivity contribution in [2.75, 3.05) is 37.7 Å². The predicted octanol–water partition coefficient (Wildman–Crippen LogP) is 3.76. The summed E-state index contributed by atoms with van der Waals surface area (Å²) in [5, 5.41) is 0.242. The average molecular weight is 444 g/mol. The fraction of sp³-hybridized carbons (Fsp3) is 0.400. The van der Waals surface area contributed by atoms with E-state index in [9.17, 15) is 22.4 Å². The Morgan fingerprint density at radius 2 is 1.93 bits per heavy atom. The molecular formula is C20H18ClF4N3O2. The Morgan fingerprint density at radius 1 is 1.17 bits per heavy atom. The van der Waals surface area contributed by atoms with Gasteiger partial charge in [-0.3, -0.25) is 4.79 Å². The van der Waals surface area contributed by atoms with Crippen molar-refractivity contribution in [1.29, 1.82) is 0 Å². The van der Waals surface area contributed by atoms with Crippen LogP contribution in [0.3, 0.4) is 0 Å². The molecule has 0 radical (unpaired) electrons. The van der Waals surface area contributed by atoms with Crippen molar-refractivity contribution in [3.63, 3.8) is 0 Å². The van der Waals surface area contributed by atoms with Crippen LogP contribution in [0.25, 0.3) is 0 Å². The molecule has 2 fully saturated rings. The molecule has 1 aromatic heterocycles. The summed E-state index contributed by atoms with van der Waals surface area (Å²) in [7, 11) is 0. The van der Waals surface area contributed by atoms with Crippen LogP contribution in [0.5, 0.6) is 0 Å². The molecule has 160 valence electrons. The normalized spacial score (nSPS) is 19.0. The molecule has 0 atom stereocenters. The van der Waals surface area contributed by atoms with E-state index in [-0.39, 0.29) is 29.6 Å². The fourth-order valence-corrected chi connectivity index (χ4v) is 4.08. The standard InChI is InChI=1S/C20H18ClF4N3O2/c21-15-2-1-3-16(22)14(15)7-27-9-19(12-30-8-18(27)29)10-28(11-19)17-5-4-13(6-26-17)20(23,24)25/h1-6H,7-12H2. The number of carbonyl (C=O) groups is 1. The van der Waals surface area contributed by atoms with Crippen LogP contribution >= 0.6 is 11.6 Å². The van der Waals surface area contributed by atoms with Crippen LogP contribution in [0.4, 0.5) is 23.4 Å². The third kappa shape index (κ3) is 4.09. The smallest absolute Gasteiger partial charge is 0.371 e. The number of amides is 1. The summed E-state index contributed by atoms with van der Waals surface area (Å²) < 4.78 is 57.9. The third-order valence-electron chi connectivity index (χ3n) is 5.38. The van der Waals surface area contributed by atoms with Gasteiger partial charge in [0, 0.05) is 41.8 Å². The van der Waals surface area contributed by atoms with Crippen LogP contribution in [-0.2, 0) is 22.3 Å². The highest BCUT2D eigenvalue weighted by Crippen LogP contribution is 2.38. The topological polar surface area (TPSA) is 45.7 Å². The first-order valence-electron chi connectivity index (χ1n) is 9.24. The number of benzene rings is 1. The van der Waals surface area contributed by atoms with Gasteiger partial charge < -0.3 is 14.5 Å². The highest BCUT2D eigenvalue weighted by Gasteiger charge is 2.47. The van der Waals surface area contributed by atoms with E-state index in [0.29, 0.717) is 32.1 Å². The number of nitrogens with zero attached hydrogens (tertiary/aromatic N) is 3. The number of rotatable bonds is 3. The van der Waals surface area contributed by atoms with E-state index in [0.717, 1.165) is 12.3 Å². The van der Waals surface area contributed by atoms with E-state index < -0.39 is 23.0 Å². The molecule has 2 aliphatic rings. The van der Waals surface area contributed by atoms with Crippen molar-refractivity contribution in [3.05, 3.63) is 58.5 Å². The number of ether oxygens (including phenoxy) is 1. The molecule has 3 heterocycles. The van der Waals surface area contributed by atoms with Gasteiger partial charge in [-0.25, -0.2) is 9.37 Å². The van der Waals surface area contributed by atoms with E-state index >= 15 is 0 Å². The highest BCUT2D eigenvalue weighted by atomic mass is 35.5. The number of halogens is 5. The molecule has 0 aliphatic carbocycles. The largest absolute Gasteiger partial charge is 0.417 e. The van der Waals surface area contributed by atoms with Gasteiger partial charge in [0.15, 0.2) is 0 Å². The molecule has 10 heteroatoms. The predicted molar refractivity (Wildman–Crippen MR) is 102 cm³/mol. The highest BCUT2D eigenvalue weighted by molar-refractivity contribution is 6.31. The molecule has 2 aromatic rings. The first-order valence-corrected chi connectivity index (χ1v) is 9.61. The quantitative estimate of drug-likeness (QED) is 0.678. The van der Waals surface area contributed by atoms with Crippen LogP contribution in [0.1, 0.15) is 11.1 Å². The molecule has 0 saturated carbocycles. The van der Waals surface area contributed by atoms with Gasteiger partial charge >= 0.3 is 6.18 Å². The first-order chi connectivity index (χ1) is 14.2. The number of aromatic nitrogens is 1. The molecule has 2 saturated heterocycles. The van der Waals surface area contributed by atoms with E-state index in [4.69, 9.17) is 16.3 Å². The molecule has 30 heavy (non-hydrogen) atoms. The number of anilines is 1. The van der Waals surface area contributed by atoms with Gasteiger partial charge in [0.1, 0.15) is 18.2 Å². The van der Waals surface area contributed by atoms with Gasteiger partial charge in [-0.05, 0) is 24.3 Å². The first kappa shape index (κ1) is 20.9. The number of carbonyl (C=O) groups excluding carboxylic acids is 1. The minimum absolute atomic E-state index is 0.0218. The number of alkyl halides is 3. The molecule has 2 aliphatic heterocycles. The van der Waals surface area contributed by atoms with Crippen molar-refractivity contribution < 1.29 is 27.1 Å². The minimum Gasteiger partial charge on any atom is -0.371 e. The number of hydrogen-bond acceptors (Lipinski definition) is 4. The Hall–Kier alpha value is -2.39. The summed E-state index contributed by atoms with van der Waals surface area (Å²) in [5.41, 5.74) is -0.975. The van der Waals surface area contributed by atoms with Gasteiger partial charge in [0.05, 0.1) is 18.7 Å². The van der Waals surface area contributed by atoms with E-state index in [2.05, 4.69) is 4.98 Å². The zero-order valence-electron chi connectivity index (χ0n) is 15.8. The van der Waals surface area contributed by atoms with Crippen LogP contribution in [0, 0.1) is 11.2 Å². The van der Waals surface area contributed by atoms with Crippen molar-refractivity contribution in [2.24, 2.45) is 5.41 Å². The summed E-state index contributed by atoms with van der Waals surface area (Å²) in [6.07, 6.45) is -3.63. The molecular weight excluding hydrogens is 426 g/mol. The molecule has 0 N–H and O–H groups in total. The van der Waals surface area contributed by atoms with Crippen LogP contribution in [0.15, 0.2) is 36.5 Å². The lowest BCUT2D eigenvalue weighted by Crippen LogP contribution is -2.62. The maximum absolute atomic E-state index is 14.2. The summed E-state index contributed by atoms with van der Waals surface area (Å²) in [6.45, 7) is 1.46. The van der Waals surface area contributed by atoms with Gasteiger partial charge in [-0.2, -0.15) is 13.2 Å². The SMILES string of the molecule is O=C1COCC2(CN1Cc1c(F)cccc1Cl)CN(c1ccc(C(F)(F)F)cn1)C2. The summed E-state index contributed by atoms with van der Waals surface area (Å²) in [4.78, 5) is 19.7. The Morgan fingerprint density at radius 3 is 2.57 bits per heavy atom. The number of pyridine rings is 1. The molecule has 4 rings (SSSR count). The second-order valence-electron chi connectivity index (χ2n) is 7.70. The minimum atomic E-state index is -4.44. The van der Waals surface area contributed by atoms with Gasteiger partial charge in [-0.15, -0.1) is 0 Å². The zero-order chi connectivity index (χ0) is 21.5. The monoisotopic (exact) mass is 443 g/mol. The second-order valence-corrected chi connectivity index (χ2v) is 8.11. The van der Waals surface area contributed by atoms with E-state index in [1.165, 1.54) is 23.1 Å². The van der Waals surface area contributed by atoms with Crippen molar-refractivity contribution in [1.82, 2.24) is 9.88 Å². The van der Waals surface area contributed by atoms with E-state index in [1.54, 1.807) is 6.07 Å². The Bertz CT molecular complexity index is 926. The molecule has 1 amide bonds. The molecule has 1 spiro atoms. The van der Waals surface area contributed by atoms with Crippen molar-refractivity contribution >= 4 is 23.3 Å². The van der Waals surface area contributed by atoms with Crippen LogP contribution in [0.2, 0.25) is 5.02 Å². The molecule has 0 bridgehead atoms. The summed E-state index contributed by atoms with van der Waals surface area (Å²) in [5.74, 6) is -0.330. The maximum atomic E-state index is 14.2. The summed E-state index contributed by atoms with van der Waals surface area (Å²) >= 11 is 6.10.